The number of rotatable bonds is 4. The second kappa shape index (κ2) is 8.77. The van der Waals surface area contributed by atoms with E-state index in [-0.39, 0.29) is 34.6 Å². The summed E-state index contributed by atoms with van der Waals surface area (Å²) in [5.41, 5.74) is 1.15. The molecule has 1 aromatic carbocycles. The van der Waals surface area contributed by atoms with Gasteiger partial charge in [0, 0.05) is 26.2 Å². The maximum absolute atomic E-state index is 12.9. The van der Waals surface area contributed by atoms with Crippen molar-refractivity contribution < 1.29 is 13.2 Å². The number of nitrogens with zero attached hydrogens (tertiary/aromatic N) is 4. The zero-order chi connectivity index (χ0) is 20.3. The van der Waals surface area contributed by atoms with Gasteiger partial charge < -0.3 is 4.90 Å². The van der Waals surface area contributed by atoms with Crippen LogP contribution in [0.4, 0.5) is 0 Å². The number of aryl methyl sites for hydroxylation is 1. The molecular weight excluding hydrogens is 420 g/mol. The largest absolute Gasteiger partial charge is 0.336 e. The normalized spacial score (nSPS) is 16.0. The molecule has 0 spiro atoms. The minimum atomic E-state index is -3.59. The van der Waals surface area contributed by atoms with Gasteiger partial charge in [-0.2, -0.15) is 4.31 Å². The van der Waals surface area contributed by atoms with Gasteiger partial charge in [-0.15, -0.1) is 0 Å². The highest BCUT2D eigenvalue weighted by atomic mass is 35.5. The average molecular weight is 441 g/mol. The van der Waals surface area contributed by atoms with Crippen LogP contribution in [0.5, 0.6) is 0 Å². The van der Waals surface area contributed by atoms with Gasteiger partial charge in [0.05, 0.1) is 16.1 Å². The van der Waals surface area contributed by atoms with Gasteiger partial charge in [0.2, 0.25) is 10.0 Å². The Morgan fingerprint density at radius 3 is 2.54 bits per heavy atom. The molecule has 28 heavy (non-hydrogen) atoms. The Morgan fingerprint density at radius 1 is 1.14 bits per heavy atom. The van der Waals surface area contributed by atoms with Crippen LogP contribution < -0.4 is 0 Å². The zero-order valence-electron chi connectivity index (χ0n) is 15.6. The summed E-state index contributed by atoms with van der Waals surface area (Å²) >= 11 is 7.44. The predicted molar refractivity (Wildman–Crippen MR) is 109 cm³/mol. The lowest BCUT2D eigenvalue weighted by Crippen LogP contribution is -2.37. The van der Waals surface area contributed by atoms with Crippen LogP contribution in [0.3, 0.4) is 0 Å². The van der Waals surface area contributed by atoms with E-state index in [9.17, 15) is 13.2 Å². The molecule has 10 heteroatoms. The molecule has 1 saturated heterocycles. The fourth-order valence-corrected chi connectivity index (χ4v) is 4.93. The second-order valence-electron chi connectivity index (χ2n) is 6.42. The molecule has 0 bridgehead atoms. The first-order chi connectivity index (χ1) is 13.3. The second-order valence-corrected chi connectivity index (χ2v) is 9.53. The number of sulfonamides is 1. The van der Waals surface area contributed by atoms with Crippen LogP contribution in [-0.2, 0) is 10.0 Å². The molecular formula is C18H21ClN4O3S2. The van der Waals surface area contributed by atoms with Crippen molar-refractivity contribution in [1.29, 1.82) is 0 Å². The highest BCUT2D eigenvalue weighted by Crippen LogP contribution is 2.21. The molecule has 1 fully saturated rings. The molecule has 150 valence electrons. The van der Waals surface area contributed by atoms with E-state index >= 15 is 0 Å². The topological polar surface area (TPSA) is 83.5 Å². The number of halogens is 1. The van der Waals surface area contributed by atoms with Crippen LogP contribution in [0.15, 0.2) is 40.5 Å². The third-order valence-corrected chi connectivity index (χ3v) is 7.26. The summed E-state index contributed by atoms with van der Waals surface area (Å²) in [5.74, 6) is -0.308. The van der Waals surface area contributed by atoms with Gasteiger partial charge in [-0.3, -0.25) is 4.79 Å². The molecule has 0 atom stereocenters. The number of amides is 1. The summed E-state index contributed by atoms with van der Waals surface area (Å²) in [4.78, 5) is 23.0. The van der Waals surface area contributed by atoms with Gasteiger partial charge in [-0.1, -0.05) is 41.1 Å². The molecule has 3 rings (SSSR count). The van der Waals surface area contributed by atoms with Crippen LogP contribution >= 0.6 is 23.4 Å². The van der Waals surface area contributed by atoms with Crippen molar-refractivity contribution in [3.8, 4) is 0 Å². The number of hydrogen-bond donors (Lipinski definition) is 0. The van der Waals surface area contributed by atoms with Crippen LogP contribution in [0, 0.1) is 6.92 Å². The predicted octanol–water partition coefficient (Wildman–Crippen LogP) is 2.70. The summed E-state index contributed by atoms with van der Waals surface area (Å²) in [6, 6.07) is 6.79. The van der Waals surface area contributed by atoms with Crippen molar-refractivity contribution in [2.45, 2.75) is 23.4 Å². The van der Waals surface area contributed by atoms with Crippen molar-refractivity contribution in [2.24, 2.45) is 0 Å². The first-order valence-electron chi connectivity index (χ1n) is 8.75. The highest BCUT2D eigenvalue weighted by Gasteiger charge is 2.29. The minimum absolute atomic E-state index is 0.149. The minimum Gasteiger partial charge on any atom is -0.336 e. The third kappa shape index (κ3) is 4.48. The standard InChI is InChI=1S/C18H21ClN4O3S2/c1-13-4-6-14(7-5-13)28(25,26)23-9-3-8-22(10-11-23)17(24)16-15(19)12-20-18(21-16)27-2/h4-7,12H,3,8-11H2,1-2H3. The lowest BCUT2D eigenvalue weighted by molar-refractivity contribution is 0.0757. The Bertz CT molecular complexity index is 967. The molecule has 1 aliphatic rings. The number of carbonyl (C=O) groups is 1. The van der Waals surface area contributed by atoms with E-state index in [1.54, 1.807) is 29.2 Å². The van der Waals surface area contributed by atoms with E-state index in [0.29, 0.717) is 24.7 Å². The Morgan fingerprint density at radius 2 is 1.86 bits per heavy atom. The molecule has 2 aromatic rings. The number of thioether (sulfide) groups is 1. The van der Waals surface area contributed by atoms with Crippen molar-refractivity contribution >= 4 is 39.3 Å². The highest BCUT2D eigenvalue weighted by molar-refractivity contribution is 7.98. The van der Waals surface area contributed by atoms with Gasteiger partial charge in [0.25, 0.3) is 5.91 Å². The van der Waals surface area contributed by atoms with Crippen molar-refractivity contribution in [3.05, 3.63) is 46.7 Å². The summed E-state index contributed by atoms with van der Waals surface area (Å²) in [6.45, 7) is 3.20. The molecule has 0 aliphatic carbocycles. The van der Waals surface area contributed by atoms with E-state index in [1.165, 1.54) is 22.3 Å². The maximum Gasteiger partial charge on any atom is 0.274 e. The average Bonchev–Trinajstić information content (AvgIpc) is 2.95. The quantitative estimate of drug-likeness (QED) is 0.537. The van der Waals surface area contributed by atoms with E-state index in [2.05, 4.69) is 9.97 Å². The molecule has 2 heterocycles. The summed E-state index contributed by atoms with van der Waals surface area (Å²) in [7, 11) is -3.59. The Kier molecular flexibility index (Phi) is 6.59. The molecule has 0 radical (unpaired) electrons. The number of hydrogen-bond acceptors (Lipinski definition) is 6. The molecule has 1 amide bonds. The molecule has 7 nitrogen and oxygen atoms in total. The van der Waals surface area contributed by atoms with E-state index in [1.807, 2.05) is 13.2 Å². The van der Waals surface area contributed by atoms with E-state index in [4.69, 9.17) is 11.6 Å². The van der Waals surface area contributed by atoms with Crippen LogP contribution in [0.1, 0.15) is 22.5 Å². The smallest absolute Gasteiger partial charge is 0.274 e. The van der Waals surface area contributed by atoms with E-state index in [0.717, 1.165) is 5.56 Å². The fourth-order valence-electron chi connectivity index (χ4n) is 2.95. The first kappa shape index (κ1) is 21.0. The Balaban J connectivity index is 1.76. The third-order valence-electron chi connectivity index (χ3n) is 4.51. The summed E-state index contributed by atoms with van der Waals surface area (Å²) in [6.07, 6.45) is 3.77. The van der Waals surface area contributed by atoms with Crippen LogP contribution in [-0.4, -0.2) is 65.9 Å². The van der Waals surface area contributed by atoms with Crippen molar-refractivity contribution in [1.82, 2.24) is 19.2 Å². The van der Waals surface area contributed by atoms with Crippen LogP contribution in [0.25, 0.3) is 0 Å². The Hall–Kier alpha value is -1.68. The summed E-state index contributed by atoms with van der Waals surface area (Å²) in [5, 5.41) is 0.655. The van der Waals surface area contributed by atoms with Gasteiger partial charge in [0.1, 0.15) is 0 Å². The maximum atomic E-state index is 12.9. The molecule has 1 aliphatic heterocycles. The molecule has 0 N–H and O–H groups in total. The van der Waals surface area contributed by atoms with Gasteiger partial charge in [-0.25, -0.2) is 18.4 Å². The fraction of sp³-hybridized carbons (Fsp3) is 0.389. The van der Waals surface area contributed by atoms with Crippen molar-refractivity contribution in [2.75, 3.05) is 32.4 Å². The number of benzene rings is 1. The number of aromatic nitrogens is 2. The molecule has 0 unspecified atom stereocenters. The monoisotopic (exact) mass is 440 g/mol. The number of carbonyl (C=O) groups excluding carboxylic acids is 1. The lowest BCUT2D eigenvalue weighted by atomic mass is 10.2. The van der Waals surface area contributed by atoms with Crippen LogP contribution in [0.2, 0.25) is 5.02 Å². The molecule has 1 aromatic heterocycles. The van der Waals surface area contributed by atoms with Gasteiger partial charge in [-0.05, 0) is 31.7 Å². The van der Waals surface area contributed by atoms with Gasteiger partial charge >= 0.3 is 0 Å². The van der Waals surface area contributed by atoms with E-state index < -0.39 is 10.0 Å². The Labute approximate surface area is 174 Å². The van der Waals surface area contributed by atoms with Gasteiger partial charge in [0.15, 0.2) is 10.9 Å². The summed E-state index contributed by atoms with van der Waals surface area (Å²) < 4.78 is 27.3. The SMILES string of the molecule is CSc1ncc(Cl)c(C(=O)N2CCCN(S(=O)(=O)c3ccc(C)cc3)CC2)n1. The lowest BCUT2D eigenvalue weighted by Gasteiger charge is -2.22. The first-order valence-corrected chi connectivity index (χ1v) is 11.8. The molecule has 0 saturated carbocycles. The van der Waals surface area contributed by atoms with Crippen molar-refractivity contribution in [3.63, 3.8) is 0 Å². The zero-order valence-corrected chi connectivity index (χ0v) is 18.0.